The molecule has 0 aliphatic heterocycles. The fourth-order valence-electron chi connectivity index (χ4n) is 2.05. The number of hydrogen-bond acceptors (Lipinski definition) is 2. The summed E-state index contributed by atoms with van der Waals surface area (Å²) in [5.41, 5.74) is 1.58. The van der Waals surface area contributed by atoms with Crippen molar-refractivity contribution in [3.8, 4) is 5.75 Å². The molecule has 0 bridgehead atoms. The molecule has 0 aliphatic carbocycles. The van der Waals surface area contributed by atoms with Gasteiger partial charge in [-0.15, -0.1) is 0 Å². The molecule has 2 aromatic rings. The van der Waals surface area contributed by atoms with E-state index in [1.165, 1.54) is 0 Å². The molecular formula is C16H15BrINO2. The van der Waals surface area contributed by atoms with Crippen molar-refractivity contribution < 1.29 is 9.53 Å². The van der Waals surface area contributed by atoms with Crippen LogP contribution in [-0.2, 0) is 0 Å². The Morgan fingerprint density at radius 3 is 2.71 bits per heavy atom. The van der Waals surface area contributed by atoms with Crippen LogP contribution in [0, 0.1) is 3.57 Å². The van der Waals surface area contributed by atoms with Crippen LogP contribution in [0.4, 0.5) is 0 Å². The van der Waals surface area contributed by atoms with Gasteiger partial charge < -0.3 is 10.1 Å². The third-order valence-electron chi connectivity index (χ3n) is 3.13. The van der Waals surface area contributed by atoms with Crippen molar-refractivity contribution in [3.05, 3.63) is 61.6 Å². The first-order chi connectivity index (χ1) is 10.0. The summed E-state index contributed by atoms with van der Waals surface area (Å²) in [7, 11) is 1.63. The van der Waals surface area contributed by atoms with E-state index in [-0.39, 0.29) is 11.9 Å². The monoisotopic (exact) mass is 459 g/mol. The Morgan fingerprint density at radius 1 is 1.29 bits per heavy atom. The predicted molar refractivity (Wildman–Crippen MR) is 95.7 cm³/mol. The fourth-order valence-corrected chi connectivity index (χ4v) is 2.97. The number of methoxy groups -OCH3 is 1. The molecule has 21 heavy (non-hydrogen) atoms. The molecule has 0 aromatic heterocycles. The van der Waals surface area contributed by atoms with E-state index in [4.69, 9.17) is 4.74 Å². The van der Waals surface area contributed by atoms with Crippen LogP contribution in [0.1, 0.15) is 28.9 Å². The second-order valence-corrected chi connectivity index (χ2v) is 6.66. The SMILES string of the molecule is COc1ccccc1C(C)NC(=O)c1cc(I)ccc1Br. The van der Waals surface area contributed by atoms with Crippen molar-refractivity contribution in [2.75, 3.05) is 7.11 Å². The van der Waals surface area contributed by atoms with Crippen LogP contribution in [0.5, 0.6) is 5.75 Å². The lowest BCUT2D eigenvalue weighted by Crippen LogP contribution is -2.27. The molecule has 0 spiro atoms. The van der Waals surface area contributed by atoms with Gasteiger partial charge in [-0.3, -0.25) is 4.79 Å². The van der Waals surface area contributed by atoms with E-state index in [0.717, 1.165) is 19.4 Å². The molecule has 2 aromatic carbocycles. The van der Waals surface area contributed by atoms with Gasteiger partial charge in [0.15, 0.2) is 0 Å². The summed E-state index contributed by atoms with van der Waals surface area (Å²) in [5.74, 6) is 0.658. The van der Waals surface area contributed by atoms with E-state index in [9.17, 15) is 4.79 Å². The van der Waals surface area contributed by atoms with E-state index in [2.05, 4.69) is 43.8 Å². The van der Waals surface area contributed by atoms with Gasteiger partial charge in [-0.25, -0.2) is 0 Å². The second kappa shape index (κ2) is 7.26. The Bertz CT molecular complexity index is 660. The number of halogens is 2. The first-order valence-corrected chi connectivity index (χ1v) is 8.29. The van der Waals surface area contributed by atoms with Crippen LogP contribution in [0.3, 0.4) is 0 Å². The lowest BCUT2D eigenvalue weighted by atomic mass is 10.1. The van der Waals surface area contributed by atoms with Crippen LogP contribution in [0.2, 0.25) is 0 Å². The van der Waals surface area contributed by atoms with Gasteiger partial charge in [-0.2, -0.15) is 0 Å². The van der Waals surface area contributed by atoms with Crippen molar-refractivity contribution >= 4 is 44.4 Å². The van der Waals surface area contributed by atoms with E-state index in [1.54, 1.807) is 7.11 Å². The fraction of sp³-hybridized carbons (Fsp3) is 0.188. The summed E-state index contributed by atoms with van der Waals surface area (Å²) >= 11 is 5.61. The second-order valence-electron chi connectivity index (χ2n) is 4.56. The lowest BCUT2D eigenvalue weighted by molar-refractivity contribution is 0.0938. The molecule has 0 radical (unpaired) electrons. The van der Waals surface area contributed by atoms with Crippen LogP contribution in [0.15, 0.2) is 46.9 Å². The van der Waals surface area contributed by atoms with Crippen molar-refractivity contribution in [1.29, 1.82) is 0 Å². The molecule has 1 N–H and O–H groups in total. The summed E-state index contributed by atoms with van der Waals surface area (Å²) in [6, 6.07) is 13.2. The standard InChI is InChI=1S/C16H15BrINO2/c1-10(12-5-3-4-6-15(12)21-2)19-16(20)13-9-11(18)7-8-14(13)17/h3-10H,1-2H3,(H,19,20). The number of amides is 1. The van der Waals surface area contributed by atoms with Gasteiger partial charge in [0.25, 0.3) is 5.91 Å². The van der Waals surface area contributed by atoms with Crippen molar-refractivity contribution in [2.24, 2.45) is 0 Å². The largest absolute Gasteiger partial charge is 0.496 e. The highest BCUT2D eigenvalue weighted by atomic mass is 127. The highest BCUT2D eigenvalue weighted by molar-refractivity contribution is 14.1. The highest BCUT2D eigenvalue weighted by Crippen LogP contribution is 2.25. The third-order valence-corrected chi connectivity index (χ3v) is 4.49. The summed E-state index contributed by atoms with van der Waals surface area (Å²) in [4.78, 5) is 12.4. The average molecular weight is 460 g/mol. The number of hydrogen-bond donors (Lipinski definition) is 1. The van der Waals surface area contributed by atoms with Crippen LogP contribution >= 0.6 is 38.5 Å². The number of carbonyl (C=O) groups excluding carboxylic acids is 1. The topological polar surface area (TPSA) is 38.3 Å². The van der Waals surface area contributed by atoms with Crippen LogP contribution < -0.4 is 10.1 Å². The average Bonchev–Trinajstić information content (AvgIpc) is 2.49. The molecule has 3 nitrogen and oxygen atoms in total. The molecule has 0 saturated heterocycles. The first kappa shape index (κ1) is 16.3. The maximum atomic E-state index is 12.4. The summed E-state index contributed by atoms with van der Waals surface area (Å²) in [6.45, 7) is 1.94. The van der Waals surface area contributed by atoms with E-state index < -0.39 is 0 Å². The van der Waals surface area contributed by atoms with Gasteiger partial charge in [0.05, 0.1) is 18.7 Å². The van der Waals surface area contributed by atoms with Crippen LogP contribution in [-0.4, -0.2) is 13.0 Å². The van der Waals surface area contributed by atoms with E-state index in [0.29, 0.717) is 5.56 Å². The van der Waals surface area contributed by atoms with E-state index in [1.807, 2.05) is 49.4 Å². The summed E-state index contributed by atoms with van der Waals surface area (Å²) < 4.78 is 7.14. The van der Waals surface area contributed by atoms with Crippen molar-refractivity contribution in [2.45, 2.75) is 13.0 Å². The molecule has 0 aliphatic rings. The van der Waals surface area contributed by atoms with Crippen LogP contribution in [0.25, 0.3) is 0 Å². The highest BCUT2D eigenvalue weighted by Gasteiger charge is 2.16. The lowest BCUT2D eigenvalue weighted by Gasteiger charge is -2.17. The number of benzene rings is 2. The molecular weight excluding hydrogens is 445 g/mol. The van der Waals surface area contributed by atoms with E-state index >= 15 is 0 Å². The third kappa shape index (κ3) is 3.97. The van der Waals surface area contributed by atoms with Gasteiger partial charge >= 0.3 is 0 Å². The maximum absolute atomic E-state index is 12.4. The zero-order valence-corrected chi connectivity index (χ0v) is 15.4. The molecule has 1 amide bonds. The van der Waals surface area contributed by atoms with Crippen molar-refractivity contribution in [3.63, 3.8) is 0 Å². The number of para-hydroxylation sites is 1. The van der Waals surface area contributed by atoms with Gasteiger partial charge in [0.1, 0.15) is 5.75 Å². The minimum atomic E-state index is -0.140. The summed E-state index contributed by atoms with van der Waals surface area (Å²) in [5, 5.41) is 3.00. The quantitative estimate of drug-likeness (QED) is 0.681. The molecule has 1 atom stereocenters. The smallest absolute Gasteiger partial charge is 0.252 e. The Kier molecular flexibility index (Phi) is 5.64. The Morgan fingerprint density at radius 2 is 2.00 bits per heavy atom. The Hall–Kier alpha value is -1.08. The molecule has 0 heterocycles. The molecule has 110 valence electrons. The molecule has 2 rings (SSSR count). The zero-order valence-electron chi connectivity index (χ0n) is 11.7. The Labute approximate surface area is 146 Å². The van der Waals surface area contributed by atoms with Gasteiger partial charge in [0, 0.05) is 13.6 Å². The minimum Gasteiger partial charge on any atom is -0.496 e. The number of nitrogens with one attached hydrogen (secondary N) is 1. The van der Waals surface area contributed by atoms with Crippen molar-refractivity contribution in [1.82, 2.24) is 5.32 Å². The zero-order chi connectivity index (χ0) is 15.4. The van der Waals surface area contributed by atoms with Gasteiger partial charge in [-0.1, -0.05) is 18.2 Å². The van der Waals surface area contributed by atoms with Gasteiger partial charge in [-0.05, 0) is 69.7 Å². The first-order valence-electron chi connectivity index (χ1n) is 6.41. The van der Waals surface area contributed by atoms with Gasteiger partial charge in [0.2, 0.25) is 0 Å². The number of rotatable bonds is 4. The predicted octanol–water partition coefficient (Wildman–Crippen LogP) is 4.55. The molecule has 0 fully saturated rings. The molecule has 0 saturated carbocycles. The molecule has 1 unspecified atom stereocenters. The Balaban J connectivity index is 2.21. The number of ether oxygens (including phenoxy) is 1. The maximum Gasteiger partial charge on any atom is 0.252 e. The molecule has 5 heteroatoms. The summed E-state index contributed by atoms with van der Waals surface area (Å²) in [6.07, 6.45) is 0. The number of carbonyl (C=O) groups is 1. The normalized spacial score (nSPS) is 11.8. The minimum absolute atomic E-state index is 0.112.